The van der Waals surface area contributed by atoms with E-state index in [0.29, 0.717) is 0 Å². The van der Waals surface area contributed by atoms with Crippen molar-refractivity contribution in [2.75, 3.05) is 5.01 Å². The normalized spacial score (nSPS) is 17.2. The molecule has 120 valence electrons. The molecule has 0 amide bonds. The van der Waals surface area contributed by atoms with E-state index in [1.54, 1.807) is 11.3 Å². The maximum absolute atomic E-state index is 6.02. The first-order valence-corrected chi connectivity index (χ1v) is 9.67. The Balaban J connectivity index is 1.75. The first kappa shape index (κ1) is 15.9. The van der Waals surface area contributed by atoms with E-state index in [0.717, 1.165) is 32.9 Å². The van der Waals surface area contributed by atoms with Crippen molar-refractivity contribution in [2.45, 2.75) is 12.5 Å². The highest BCUT2D eigenvalue weighted by molar-refractivity contribution is 9.10. The van der Waals surface area contributed by atoms with E-state index in [-0.39, 0.29) is 6.04 Å². The lowest BCUT2D eigenvalue weighted by Gasteiger charge is -2.22. The molecule has 0 unspecified atom stereocenters. The van der Waals surface area contributed by atoms with E-state index in [1.165, 1.54) is 4.88 Å². The molecule has 0 fully saturated rings. The average Bonchev–Trinajstić information content (AvgIpc) is 3.25. The van der Waals surface area contributed by atoms with Gasteiger partial charge in [-0.1, -0.05) is 51.8 Å². The van der Waals surface area contributed by atoms with Gasteiger partial charge in [-0.15, -0.1) is 11.3 Å². The number of thiophene rings is 1. The van der Waals surface area contributed by atoms with Crippen LogP contribution < -0.4 is 5.01 Å². The highest BCUT2D eigenvalue weighted by Gasteiger charge is 2.30. The molecule has 3 aromatic rings. The van der Waals surface area contributed by atoms with Crippen molar-refractivity contribution >= 4 is 50.3 Å². The van der Waals surface area contributed by atoms with Gasteiger partial charge in [0.15, 0.2) is 0 Å². The van der Waals surface area contributed by atoms with E-state index in [2.05, 4.69) is 50.6 Å². The number of nitrogens with zero attached hydrogens (tertiary/aromatic N) is 2. The molecule has 0 N–H and O–H groups in total. The molecule has 1 aliphatic heterocycles. The molecule has 0 radical (unpaired) electrons. The first-order chi connectivity index (χ1) is 11.7. The predicted molar refractivity (Wildman–Crippen MR) is 106 cm³/mol. The van der Waals surface area contributed by atoms with E-state index >= 15 is 0 Å². The van der Waals surface area contributed by atoms with Crippen LogP contribution in [0, 0.1) is 0 Å². The van der Waals surface area contributed by atoms with Gasteiger partial charge in [0.05, 0.1) is 17.4 Å². The Morgan fingerprint density at radius 3 is 2.62 bits per heavy atom. The second-order valence-electron chi connectivity index (χ2n) is 5.61. The molecule has 0 saturated carbocycles. The molecule has 2 heterocycles. The van der Waals surface area contributed by atoms with Crippen molar-refractivity contribution in [1.82, 2.24) is 0 Å². The van der Waals surface area contributed by atoms with E-state index in [4.69, 9.17) is 16.7 Å². The molecule has 5 heteroatoms. The molecule has 0 bridgehead atoms. The van der Waals surface area contributed by atoms with Crippen LogP contribution in [0.3, 0.4) is 0 Å². The summed E-state index contributed by atoms with van der Waals surface area (Å²) in [6.45, 7) is 0. The molecule has 0 spiro atoms. The molecule has 1 atom stereocenters. The molecule has 0 saturated heterocycles. The monoisotopic (exact) mass is 416 g/mol. The van der Waals surface area contributed by atoms with Crippen LogP contribution in [0.1, 0.15) is 22.9 Å². The fraction of sp³-hybridized carbons (Fsp3) is 0.105. The lowest BCUT2D eigenvalue weighted by atomic mass is 10.0. The first-order valence-electron chi connectivity index (χ1n) is 7.62. The summed E-state index contributed by atoms with van der Waals surface area (Å²) in [6.07, 6.45) is 0.884. The van der Waals surface area contributed by atoms with Gasteiger partial charge < -0.3 is 0 Å². The maximum atomic E-state index is 6.02. The smallest absolute Gasteiger partial charge is 0.0923 e. The molecular formula is C19H14BrClN2S. The van der Waals surface area contributed by atoms with Crippen LogP contribution >= 0.6 is 38.9 Å². The number of benzene rings is 2. The number of anilines is 1. The van der Waals surface area contributed by atoms with Gasteiger partial charge in [-0.2, -0.15) is 5.10 Å². The van der Waals surface area contributed by atoms with Gasteiger partial charge in [0, 0.05) is 20.8 Å². The van der Waals surface area contributed by atoms with Gasteiger partial charge in [-0.3, -0.25) is 5.01 Å². The van der Waals surface area contributed by atoms with Crippen LogP contribution in [-0.4, -0.2) is 5.71 Å². The molecule has 1 aromatic heterocycles. The molecule has 24 heavy (non-hydrogen) atoms. The fourth-order valence-electron chi connectivity index (χ4n) is 2.89. The molecule has 2 aromatic carbocycles. The molecular weight excluding hydrogens is 404 g/mol. The highest BCUT2D eigenvalue weighted by Crippen LogP contribution is 2.39. The van der Waals surface area contributed by atoms with E-state index in [1.807, 2.05) is 36.4 Å². The second-order valence-corrected chi connectivity index (χ2v) is 7.94. The van der Waals surface area contributed by atoms with Crippen molar-refractivity contribution in [3.05, 3.63) is 86.0 Å². The minimum Gasteiger partial charge on any atom is -0.257 e. The minimum absolute atomic E-state index is 0.227. The molecule has 2 nitrogen and oxygen atoms in total. The van der Waals surface area contributed by atoms with Crippen molar-refractivity contribution in [3.63, 3.8) is 0 Å². The zero-order valence-electron chi connectivity index (χ0n) is 12.7. The van der Waals surface area contributed by atoms with Crippen molar-refractivity contribution in [3.8, 4) is 0 Å². The van der Waals surface area contributed by atoms with Crippen LogP contribution in [0.5, 0.6) is 0 Å². The zero-order chi connectivity index (χ0) is 16.5. The fourth-order valence-corrected chi connectivity index (χ4v) is 4.21. The topological polar surface area (TPSA) is 15.6 Å². The zero-order valence-corrected chi connectivity index (χ0v) is 15.9. The Bertz CT molecular complexity index is 875. The number of rotatable bonds is 3. The number of hydrogen-bond donors (Lipinski definition) is 0. The third kappa shape index (κ3) is 3.14. The summed E-state index contributed by atoms with van der Waals surface area (Å²) in [5.41, 5.74) is 3.30. The van der Waals surface area contributed by atoms with Crippen LogP contribution in [0.15, 0.2) is 75.6 Å². The lowest BCUT2D eigenvalue weighted by Crippen LogP contribution is -2.17. The summed E-state index contributed by atoms with van der Waals surface area (Å²) in [7, 11) is 0. The molecule has 4 rings (SSSR count). The Morgan fingerprint density at radius 2 is 1.92 bits per heavy atom. The SMILES string of the molecule is Clc1ccc(C2=NN(c3cccc(Br)c3)[C@H](c3cccs3)C2)cc1. The number of hydrazone groups is 1. The second kappa shape index (κ2) is 6.71. The Morgan fingerprint density at radius 1 is 1.08 bits per heavy atom. The maximum Gasteiger partial charge on any atom is 0.0923 e. The summed E-state index contributed by atoms with van der Waals surface area (Å²) in [5, 5.41) is 9.92. The average molecular weight is 418 g/mol. The predicted octanol–water partition coefficient (Wildman–Crippen LogP) is 6.52. The van der Waals surface area contributed by atoms with Gasteiger partial charge in [-0.05, 0) is 47.3 Å². The van der Waals surface area contributed by atoms with Gasteiger partial charge in [0.2, 0.25) is 0 Å². The largest absolute Gasteiger partial charge is 0.257 e. The van der Waals surface area contributed by atoms with Gasteiger partial charge >= 0.3 is 0 Å². The standard InChI is InChI=1S/C19H14BrClN2S/c20-14-3-1-4-16(11-14)23-18(19-5-2-10-24-19)12-17(22-23)13-6-8-15(21)9-7-13/h1-11,18H,12H2/t18-/m0/s1. The molecule has 1 aliphatic rings. The highest BCUT2D eigenvalue weighted by atomic mass is 79.9. The number of halogens is 2. The number of hydrogen-bond acceptors (Lipinski definition) is 3. The van der Waals surface area contributed by atoms with Gasteiger partial charge in [-0.25, -0.2) is 0 Å². The van der Waals surface area contributed by atoms with E-state index in [9.17, 15) is 0 Å². The lowest BCUT2D eigenvalue weighted by molar-refractivity contribution is 0.722. The van der Waals surface area contributed by atoms with Crippen LogP contribution in [-0.2, 0) is 0 Å². The summed E-state index contributed by atoms with van der Waals surface area (Å²) in [4.78, 5) is 1.32. The van der Waals surface area contributed by atoms with Crippen molar-refractivity contribution in [1.29, 1.82) is 0 Å². The van der Waals surface area contributed by atoms with Crippen molar-refractivity contribution < 1.29 is 0 Å². The Kier molecular flexibility index (Phi) is 4.44. The van der Waals surface area contributed by atoms with E-state index < -0.39 is 0 Å². The quantitative estimate of drug-likeness (QED) is 0.473. The Labute approximate surface area is 158 Å². The van der Waals surface area contributed by atoms with Gasteiger partial charge in [0.25, 0.3) is 0 Å². The van der Waals surface area contributed by atoms with Gasteiger partial charge in [0.1, 0.15) is 0 Å². The Hall–Kier alpha value is -1.62. The van der Waals surface area contributed by atoms with Crippen LogP contribution in [0.25, 0.3) is 0 Å². The van der Waals surface area contributed by atoms with Crippen LogP contribution in [0.2, 0.25) is 5.02 Å². The molecule has 0 aliphatic carbocycles. The summed E-state index contributed by atoms with van der Waals surface area (Å²) >= 11 is 11.3. The third-order valence-corrected chi connectivity index (χ3v) is 5.75. The summed E-state index contributed by atoms with van der Waals surface area (Å²) in [6, 6.07) is 20.7. The van der Waals surface area contributed by atoms with Crippen LogP contribution in [0.4, 0.5) is 5.69 Å². The minimum atomic E-state index is 0.227. The summed E-state index contributed by atoms with van der Waals surface area (Å²) in [5.74, 6) is 0. The van der Waals surface area contributed by atoms with Crippen molar-refractivity contribution in [2.24, 2.45) is 5.10 Å². The summed E-state index contributed by atoms with van der Waals surface area (Å²) < 4.78 is 1.06. The third-order valence-electron chi connectivity index (χ3n) is 4.03.